The molecule has 7 heteroatoms. The third-order valence-corrected chi connectivity index (χ3v) is 4.90. The highest BCUT2D eigenvalue weighted by molar-refractivity contribution is 5.96. The van der Waals surface area contributed by atoms with Crippen molar-refractivity contribution >= 4 is 23.5 Å². The van der Waals surface area contributed by atoms with E-state index in [1.807, 2.05) is 4.90 Å². The normalized spacial score (nSPS) is 16.5. The Hall–Kier alpha value is -2.96. The number of esters is 1. The Morgan fingerprint density at radius 3 is 2.82 bits per heavy atom. The number of rotatable bonds is 6. The van der Waals surface area contributed by atoms with Crippen LogP contribution in [0.15, 0.2) is 36.5 Å². The number of nitrogens with one attached hydrogen (secondary N) is 1. The minimum atomic E-state index is -0.420. The van der Waals surface area contributed by atoms with E-state index in [0.29, 0.717) is 23.6 Å². The standard InChI is InChI=1S/C21H26N4O3/c1-3-15-9-7-8-14-25(15)19(26)18-12-13-22-21(24-18)23-17-11-6-5-10-16(17)20(27)28-4-2/h5-6,10-13,15H,3-4,7-9,14H2,1-2H3,(H,22,23,24). The molecule has 1 atom stereocenters. The average molecular weight is 382 g/mol. The van der Waals surface area contributed by atoms with Crippen molar-refractivity contribution in [1.29, 1.82) is 0 Å². The summed E-state index contributed by atoms with van der Waals surface area (Å²) in [6.45, 7) is 4.92. The number of likely N-dealkylation sites (tertiary alicyclic amines) is 1. The molecule has 148 valence electrons. The van der Waals surface area contributed by atoms with Crippen LogP contribution in [0, 0.1) is 0 Å². The van der Waals surface area contributed by atoms with Crippen molar-refractivity contribution in [2.24, 2.45) is 0 Å². The van der Waals surface area contributed by atoms with Gasteiger partial charge >= 0.3 is 5.97 Å². The second-order valence-corrected chi connectivity index (χ2v) is 6.71. The molecule has 7 nitrogen and oxygen atoms in total. The van der Waals surface area contributed by atoms with Gasteiger partial charge in [0.25, 0.3) is 5.91 Å². The van der Waals surface area contributed by atoms with Crippen LogP contribution in [0.1, 0.15) is 60.4 Å². The van der Waals surface area contributed by atoms with Crippen LogP contribution in [-0.4, -0.2) is 45.9 Å². The first-order valence-corrected chi connectivity index (χ1v) is 9.81. The highest BCUT2D eigenvalue weighted by Gasteiger charge is 2.27. The molecule has 0 aliphatic carbocycles. The summed E-state index contributed by atoms with van der Waals surface area (Å²) in [6.07, 6.45) is 5.70. The number of carbonyl (C=O) groups is 2. The van der Waals surface area contributed by atoms with Crippen molar-refractivity contribution in [1.82, 2.24) is 14.9 Å². The summed E-state index contributed by atoms with van der Waals surface area (Å²) in [4.78, 5) is 35.6. The zero-order chi connectivity index (χ0) is 19.9. The van der Waals surface area contributed by atoms with E-state index in [4.69, 9.17) is 4.74 Å². The second-order valence-electron chi connectivity index (χ2n) is 6.71. The molecule has 0 bridgehead atoms. The van der Waals surface area contributed by atoms with E-state index < -0.39 is 5.97 Å². The van der Waals surface area contributed by atoms with Gasteiger partial charge in [0.05, 0.1) is 17.9 Å². The van der Waals surface area contributed by atoms with E-state index in [9.17, 15) is 9.59 Å². The van der Waals surface area contributed by atoms with Gasteiger partial charge in [-0.15, -0.1) is 0 Å². The fourth-order valence-electron chi connectivity index (χ4n) is 3.48. The number of hydrogen-bond donors (Lipinski definition) is 1. The van der Waals surface area contributed by atoms with Gasteiger partial charge in [0.1, 0.15) is 5.69 Å². The van der Waals surface area contributed by atoms with Crippen molar-refractivity contribution in [3.63, 3.8) is 0 Å². The Kier molecular flexibility index (Phi) is 6.57. The summed E-state index contributed by atoms with van der Waals surface area (Å²) in [5, 5.41) is 3.04. The van der Waals surface area contributed by atoms with Gasteiger partial charge in [0.15, 0.2) is 0 Å². The zero-order valence-corrected chi connectivity index (χ0v) is 16.4. The van der Waals surface area contributed by atoms with Crippen LogP contribution in [0.3, 0.4) is 0 Å². The topological polar surface area (TPSA) is 84.4 Å². The Balaban J connectivity index is 1.81. The van der Waals surface area contributed by atoms with Crippen LogP contribution >= 0.6 is 0 Å². The van der Waals surface area contributed by atoms with E-state index in [1.54, 1.807) is 43.5 Å². The number of anilines is 2. The van der Waals surface area contributed by atoms with Crippen LogP contribution in [0.4, 0.5) is 11.6 Å². The molecule has 3 rings (SSSR count). The smallest absolute Gasteiger partial charge is 0.340 e. The largest absolute Gasteiger partial charge is 0.462 e. The molecule has 2 heterocycles. The molecule has 1 unspecified atom stereocenters. The van der Waals surface area contributed by atoms with E-state index >= 15 is 0 Å². The predicted molar refractivity (Wildman–Crippen MR) is 107 cm³/mol. The van der Waals surface area contributed by atoms with Crippen molar-refractivity contribution < 1.29 is 14.3 Å². The Morgan fingerprint density at radius 1 is 1.21 bits per heavy atom. The molecule has 0 saturated carbocycles. The summed E-state index contributed by atoms with van der Waals surface area (Å²) >= 11 is 0. The lowest BCUT2D eigenvalue weighted by atomic mass is 9.99. The van der Waals surface area contributed by atoms with Crippen LogP contribution in [0.2, 0.25) is 0 Å². The molecule has 0 spiro atoms. The molecule has 1 aromatic carbocycles. The zero-order valence-electron chi connectivity index (χ0n) is 16.4. The molecule has 1 aromatic heterocycles. The first-order chi connectivity index (χ1) is 13.6. The number of ether oxygens (including phenoxy) is 1. The van der Waals surface area contributed by atoms with E-state index in [0.717, 1.165) is 32.2 Å². The lowest BCUT2D eigenvalue weighted by Gasteiger charge is -2.35. The molecular weight excluding hydrogens is 356 g/mol. The molecular formula is C21H26N4O3. The number of hydrogen-bond acceptors (Lipinski definition) is 6. The third-order valence-electron chi connectivity index (χ3n) is 4.90. The number of nitrogens with zero attached hydrogens (tertiary/aromatic N) is 3. The minimum Gasteiger partial charge on any atom is -0.462 e. The maximum absolute atomic E-state index is 13.0. The molecule has 2 aromatic rings. The maximum atomic E-state index is 13.0. The maximum Gasteiger partial charge on any atom is 0.340 e. The quantitative estimate of drug-likeness (QED) is 0.765. The number of piperidine rings is 1. The number of aromatic nitrogens is 2. The molecule has 0 radical (unpaired) electrons. The second kappa shape index (κ2) is 9.30. The van der Waals surface area contributed by atoms with E-state index in [-0.39, 0.29) is 17.9 Å². The monoisotopic (exact) mass is 382 g/mol. The molecule has 1 saturated heterocycles. The average Bonchev–Trinajstić information content (AvgIpc) is 2.74. The lowest BCUT2D eigenvalue weighted by Crippen LogP contribution is -2.43. The van der Waals surface area contributed by atoms with E-state index in [1.165, 1.54) is 0 Å². The van der Waals surface area contributed by atoms with Gasteiger partial charge in [-0.1, -0.05) is 19.1 Å². The van der Waals surface area contributed by atoms with Crippen LogP contribution in [0.25, 0.3) is 0 Å². The van der Waals surface area contributed by atoms with Gasteiger partial charge in [-0.3, -0.25) is 4.79 Å². The van der Waals surface area contributed by atoms with Crippen LogP contribution < -0.4 is 5.32 Å². The summed E-state index contributed by atoms with van der Waals surface area (Å²) < 4.78 is 5.09. The van der Waals surface area contributed by atoms with Gasteiger partial charge < -0.3 is 15.0 Å². The highest BCUT2D eigenvalue weighted by Crippen LogP contribution is 2.23. The van der Waals surface area contributed by atoms with Crippen molar-refractivity contribution in [3.05, 3.63) is 47.8 Å². The molecule has 1 fully saturated rings. The first-order valence-electron chi connectivity index (χ1n) is 9.81. The third kappa shape index (κ3) is 4.47. The Morgan fingerprint density at radius 2 is 2.04 bits per heavy atom. The SMILES string of the molecule is CCOC(=O)c1ccccc1Nc1nccc(C(=O)N2CCCCC2CC)n1. The summed E-state index contributed by atoms with van der Waals surface area (Å²) in [6, 6.07) is 8.89. The van der Waals surface area contributed by atoms with Crippen LogP contribution in [-0.2, 0) is 4.74 Å². The number of para-hydroxylation sites is 1. The summed E-state index contributed by atoms with van der Waals surface area (Å²) in [7, 11) is 0. The highest BCUT2D eigenvalue weighted by atomic mass is 16.5. The van der Waals surface area contributed by atoms with Crippen LogP contribution in [0.5, 0.6) is 0 Å². The summed E-state index contributed by atoms with van der Waals surface area (Å²) in [5.41, 5.74) is 1.29. The van der Waals surface area contributed by atoms with Gasteiger partial charge in [-0.2, -0.15) is 0 Å². The Labute approximate surface area is 165 Å². The summed E-state index contributed by atoms with van der Waals surface area (Å²) in [5.74, 6) is -0.222. The van der Waals surface area contributed by atoms with Gasteiger partial charge in [0, 0.05) is 18.8 Å². The van der Waals surface area contributed by atoms with Crippen molar-refractivity contribution in [2.75, 3.05) is 18.5 Å². The van der Waals surface area contributed by atoms with E-state index in [2.05, 4.69) is 22.2 Å². The van der Waals surface area contributed by atoms with Gasteiger partial charge in [0.2, 0.25) is 5.95 Å². The van der Waals surface area contributed by atoms with Gasteiger partial charge in [-0.25, -0.2) is 14.8 Å². The van der Waals surface area contributed by atoms with Gasteiger partial charge in [-0.05, 0) is 50.8 Å². The number of benzene rings is 1. The molecule has 28 heavy (non-hydrogen) atoms. The minimum absolute atomic E-state index is 0.0734. The van der Waals surface area contributed by atoms with Crippen molar-refractivity contribution in [2.45, 2.75) is 45.6 Å². The molecule has 1 aliphatic rings. The fraction of sp³-hybridized carbons (Fsp3) is 0.429. The molecule has 1 N–H and O–H groups in total. The van der Waals surface area contributed by atoms with Crippen molar-refractivity contribution in [3.8, 4) is 0 Å². The fourth-order valence-corrected chi connectivity index (χ4v) is 3.48. The predicted octanol–water partition coefficient (Wildman–Crippen LogP) is 3.80. The molecule has 1 amide bonds. The first kappa shape index (κ1) is 19.8. The lowest BCUT2D eigenvalue weighted by molar-refractivity contribution is 0.0526. The number of carbonyl (C=O) groups excluding carboxylic acids is 2. The molecule has 1 aliphatic heterocycles. The Bertz CT molecular complexity index is 840. The number of amides is 1.